The van der Waals surface area contributed by atoms with Crippen LogP contribution in [0, 0.1) is 5.92 Å². The van der Waals surface area contributed by atoms with Crippen LogP contribution >= 0.6 is 11.6 Å². The van der Waals surface area contributed by atoms with E-state index in [2.05, 4.69) is 34.8 Å². The highest BCUT2D eigenvalue weighted by Gasteiger charge is 2.40. The molecule has 0 radical (unpaired) electrons. The third-order valence-electron chi connectivity index (χ3n) is 5.71. The highest BCUT2D eigenvalue weighted by atomic mass is 35.5. The van der Waals surface area contributed by atoms with Gasteiger partial charge in [-0.15, -0.1) is 0 Å². The second kappa shape index (κ2) is 5.42. The molecular weight excluding hydrogens is 292 g/mol. The minimum atomic E-state index is 0.339. The zero-order valence-corrected chi connectivity index (χ0v) is 13.9. The van der Waals surface area contributed by atoms with E-state index in [1.165, 1.54) is 37.7 Å². The van der Waals surface area contributed by atoms with Crippen molar-refractivity contribution in [1.29, 1.82) is 0 Å². The summed E-state index contributed by atoms with van der Waals surface area (Å²) < 4.78 is 2.19. The summed E-state index contributed by atoms with van der Waals surface area (Å²) in [4.78, 5) is 4.14. The van der Waals surface area contributed by atoms with Crippen molar-refractivity contribution >= 4 is 11.6 Å². The Labute approximate surface area is 137 Å². The van der Waals surface area contributed by atoms with Crippen LogP contribution in [0.4, 0.5) is 0 Å². The molecule has 116 valence electrons. The van der Waals surface area contributed by atoms with Gasteiger partial charge in [-0.3, -0.25) is 0 Å². The fraction of sp³-hybridized carbons (Fsp3) is 0.526. The van der Waals surface area contributed by atoms with Gasteiger partial charge in [0.25, 0.3) is 0 Å². The van der Waals surface area contributed by atoms with Crippen LogP contribution in [-0.4, -0.2) is 9.55 Å². The number of rotatable bonds is 3. The molecule has 2 atom stereocenters. The van der Waals surface area contributed by atoms with Crippen molar-refractivity contribution < 1.29 is 0 Å². The molecule has 2 aliphatic rings. The Balaban J connectivity index is 1.63. The predicted molar refractivity (Wildman–Crippen MR) is 90.4 cm³/mol. The van der Waals surface area contributed by atoms with Crippen molar-refractivity contribution in [3.05, 3.63) is 52.6 Å². The van der Waals surface area contributed by atoms with Crippen LogP contribution < -0.4 is 0 Å². The third kappa shape index (κ3) is 2.38. The normalized spacial score (nSPS) is 26.7. The lowest BCUT2D eigenvalue weighted by atomic mass is 9.60. The van der Waals surface area contributed by atoms with E-state index in [9.17, 15) is 0 Å². The first-order chi connectivity index (χ1) is 10.7. The van der Waals surface area contributed by atoms with Gasteiger partial charge in [-0.25, -0.2) is 4.98 Å². The molecule has 1 aromatic carbocycles. The Morgan fingerprint density at radius 3 is 3.14 bits per heavy atom. The molecule has 1 aromatic heterocycles. The molecule has 1 heterocycles. The zero-order chi connectivity index (χ0) is 15.2. The van der Waals surface area contributed by atoms with E-state index >= 15 is 0 Å². The Kier molecular flexibility index (Phi) is 3.53. The van der Waals surface area contributed by atoms with E-state index in [-0.39, 0.29) is 0 Å². The number of aromatic nitrogens is 2. The molecule has 0 saturated heterocycles. The first-order valence-corrected chi connectivity index (χ1v) is 8.80. The van der Waals surface area contributed by atoms with Crippen molar-refractivity contribution in [3.63, 3.8) is 0 Å². The van der Waals surface area contributed by atoms with Gasteiger partial charge in [0.2, 0.25) is 0 Å². The molecular formula is C19H23ClN2. The lowest BCUT2D eigenvalue weighted by molar-refractivity contribution is 0.255. The van der Waals surface area contributed by atoms with Gasteiger partial charge < -0.3 is 4.57 Å². The minimum absolute atomic E-state index is 0.339. The average molecular weight is 315 g/mol. The zero-order valence-electron chi connectivity index (χ0n) is 13.2. The van der Waals surface area contributed by atoms with E-state index in [0.29, 0.717) is 5.41 Å². The molecule has 3 heteroatoms. The number of aryl methyl sites for hydroxylation is 2. The van der Waals surface area contributed by atoms with Gasteiger partial charge >= 0.3 is 0 Å². The van der Waals surface area contributed by atoms with E-state index < -0.39 is 0 Å². The summed E-state index contributed by atoms with van der Waals surface area (Å²) in [6, 6.07) is 4.39. The summed E-state index contributed by atoms with van der Waals surface area (Å²) in [5.41, 5.74) is 4.95. The second-order valence-corrected chi connectivity index (χ2v) is 7.74. The lowest BCUT2D eigenvalue weighted by Crippen LogP contribution is -2.36. The topological polar surface area (TPSA) is 17.8 Å². The summed E-state index contributed by atoms with van der Waals surface area (Å²) in [5, 5.41) is 0.985. The van der Waals surface area contributed by atoms with Crippen LogP contribution in [0.25, 0.3) is 0 Å². The lowest BCUT2D eigenvalue weighted by Gasteiger charge is -2.44. The summed E-state index contributed by atoms with van der Waals surface area (Å²) in [7, 11) is 0. The van der Waals surface area contributed by atoms with Crippen molar-refractivity contribution in [1.82, 2.24) is 9.55 Å². The second-order valence-electron chi connectivity index (χ2n) is 7.34. The number of hydrogen-bond acceptors (Lipinski definition) is 1. The molecule has 2 aromatic rings. The maximum atomic E-state index is 6.57. The van der Waals surface area contributed by atoms with Crippen molar-refractivity contribution in [3.8, 4) is 0 Å². The van der Waals surface area contributed by atoms with E-state index in [1.807, 2.05) is 12.5 Å². The smallest absolute Gasteiger partial charge is 0.0945 e. The molecule has 4 rings (SSSR count). The Hall–Kier alpha value is -1.28. The summed E-state index contributed by atoms with van der Waals surface area (Å²) in [6.45, 7) is 3.53. The standard InChI is InChI=1S/C19H23ClN2/c1-19-7-2-3-15-4-5-17(20)16(18(15)19)11-14(12-19)6-9-22-10-8-21-13-22/h4-5,8,10,13-14H,2-3,6-7,9,11-12H2,1H3/t14-,19-/m0/s1. The predicted octanol–water partition coefficient (Wildman–Crippen LogP) is 4.78. The molecule has 0 unspecified atom stereocenters. The Bertz CT molecular complexity index is 677. The highest BCUT2D eigenvalue weighted by molar-refractivity contribution is 6.31. The van der Waals surface area contributed by atoms with Crippen molar-refractivity contribution in [2.24, 2.45) is 5.92 Å². The number of nitrogens with zero attached hydrogens (tertiary/aromatic N) is 2. The van der Waals surface area contributed by atoms with Crippen LogP contribution in [0.1, 0.15) is 49.3 Å². The van der Waals surface area contributed by atoms with Gasteiger partial charge in [0.15, 0.2) is 0 Å². The first kappa shape index (κ1) is 14.3. The maximum Gasteiger partial charge on any atom is 0.0945 e. The molecule has 0 N–H and O–H groups in total. The largest absolute Gasteiger partial charge is 0.337 e. The monoisotopic (exact) mass is 314 g/mol. The number of benzene rings is 1. The van der Waals surface area contributed by atoms with Crippen LogP contribution in [0.15, 0.2) is 30.9 Å². The van der Waals surface area contributed by atoms with Gasteiger partial charge in [0, 0.05) is 24.0 Å². The van der Waals surface area contributed by atoms with Crippen LogP contribution in [0.3, 0.4) is 0 Å². The van der Waals surface area contributed by atoms with Crippen molar-refractivity contribution in [2.45, 2.75) is 57.4 Å². The number of halogens is 1. The molecule has 0 fully saturated rings. The minimum Gasteiger partial charge on any atom is -0.337 e. The molecule has 22 heavy (non-hydrogen) atoms. The van der Waals surface area contributed by atoms with Crippen LogP contribution in [-0.2, 0) is 24.8 Å². The Morgan fingerprint density at radius 2 is 2.32 bits per heavy atom. The summed E-state index contributed by atoms with van der Waals surface area (Å²) in [5.74, 6) is 0.728. The van der Waals surface area contributed by atoms with Crippen molar-refractivity contribution in [2.75, 3.05) is 0 Å². The fourth-order valence-electron chi connectivity index (χ4n) is 4.78. The SMILES string of the molecule is C[C@@]12CCCc3ccc(Cl)c(c31)C[C@H](CCn1ccnc1)C2. The molecule has 0 bridgehead atoms. The molecule has 2 nitrogen and oxygen atoms in total. The highest BCUT2D eigenvalue weighted by Crippen LogP contribution is 2.50. The van der Waals surface area contributed by atoms with Crippen LogP contribution in [0.5, 0.6) is 0 Å². The van der Waals surface area contributed by atoms with E-state index in [0.717, 1.165) is 23.9 Å². The summed E-state index contributed by atoms with van der Waals surface area (Å²) in [6.07, 6.45) is 13.4. The molecule has 2 aliphatic carbocycles. The molecule has 0 saturated carbocycles. The van der Waals surface area contributed by atoms with Gasteiger partial charge in [0.05, 0.1) is 6.33 Å². The van der Waals surface area contributed by atoms with Gasteiger partial charge in [-0.05, 0) is 72.6 Å². The summed E-state index contributed by atoms with van der Waals surface area (Å²) >= 11 is 6.57. The quantitative estimate of drug-likeness (QED) is 0.797. The molecule has 0 spiro atoms. The van der Waals surface area contributed by atoms with Crippen LogP contribution in [0.2, 0.25) is 5.02 Å². The fourth-order valence-corrected chi connectivity index (χ4v) is 5.02. The maximum absolute atomic E-state index is 6.57. The Morgan fingerprint density at radius 1 is 1.41 bits per heavy atom. The van der Waals surface area contributed by atoms with E-state index in [4.69, 9.17) is 11.6 Å². The van der Waals surface area contributed by atoms with Gasteiger partial charge in [-0.2, -0.15) is 0 Å². The van der Waals surface area contributed by atoms with Gasteiger partial charge in [-0.1, -0.05) is 24.6 Å². The first-order valence-electron chi connectivity index (χ1n) is 8.42. The van der Waals surface area contributed by atoms with Gasteiger partial charge in [0.1, 0.15) is 0 Å². The molecule has 0 aliphatic heterocycles. The number of hydrogen-bond donors (Lipinski definition) is 0. The van der Waals surface area contributed by atoms with E-state index in [1.54, 1.807) is 11.1 Å². The number of imidazole rings is 1. The average Bonchev–Trinajstić information content (AvgIpc) is 3.01. The third-order valence-corrected chi connectivity index (χ3v) is 6.06. The molecule has 0 amide bonds.